The first kappa shape index (κ1) is 20.3. The third-order valence-corrected chi connectivity index (χ3v) is 4.28. The molecule has 1 aliphatic carbocycles. The topological polar surface area (TPSA) is 73.6 Å². The molecule has 2 atom stereocenters. The van der Waals surface area contributed by atoms with E-state index in [4.69, 9.17) is 15.2 Å². The summed E-state index contributed by atoms with van der Waals surface area (Å²) in [5.41, 5.74) is 6.82. The highest BCUT2D eigenvalue weighted by molar-refractivity contribution is 5.85. The van der Waals surface area contributed by atoms with Crippen LogP contribution in [0.3, 0.4) is 0 Å². The number of hydrogen-bond donors (Lipinski definition) is 2. The van der Waals surface area contributed by atoms with Crippen molar-refractivity contribution in [1.29, 1.82) is 0 Å². The highest BCUT2D eigenvalue weighted by atomic mass is 35.5. The van der Waals surface area contributed by atoms with Crippen molar-refractivity contribution in [3.63, 3.8) is 0 Å². The number of nitrogens with one attached hydrogen (secondary N) is 1. The Morgan fingerprint density at radius 1 is 1.42 bits per heavy atom. The van der Waals surface area contributed by atoms with Crippen molar-refractivity contribution in [3.8, 4) is 11.5 Å². The molecule has 6 heteroatoms. The monoisotopic (exact) mass is 354 g/mol. The molecule has 0 bridgehead atoms. The summed E-state index contributed by atoms with van der Waals surface area (Å²) in [6.45, 7) is 4.31. The van der Waals surface area contributed by atoms with Gasteiger partial charge in [0.2, 0.25) is 0 Å². The number of hydrogen-bond acceptors (Lipinski definition) is 4. The van der Waals surface area contributed by atoms with E-state index in [1.165, 1.54) is 0 Å². The lowest BCUT2D eigenvalue weighted by atomic mass is 10.0. The number of halogens is 1. The van der Waals surface area contributed by atoms with Crippen LogP contribution in [0, 0.1) is 5.92 Å². The lowest BCUT2D eigenvalue weighted by Crippen LogP contribution is -2.42. The summed E-state index contributed by atoms with van der Waals surface area (Å²) in [6, 6.07) is 5.84. The predicted octanol–water partition coefficient (Wildman–Crippen LogP) is 2.47. The fourth-order valence-electron chi connectivity index (χ4n) is 3.03. The van der Waals surface area contributed by atoms with Crippen molar-refractivity contribution >= 4 is 18.3 Å². The van der Waals surface area contributed by atoms with E-state index in [0.717, 1.165) is 31.2 Å². The normalized spacial score (nSPS) is 19.2. The molecule has 2 unspecified atom stereocenters. The predicted molar refractivity (Wildman–Crippen MR) is 98.0 cm³/mol. The molecule has 24 heavy (non-hydrogen) atoms. The van der Waals surface area contributed by atoms with Gasteiger partial charge in [0.15, 0.2) is 18.1 Å². The molecule has 5 nitrogen and oxygen atoms in total. The summed E-state index contributed by atoms with van der Waals surface area (Å²) in [5, 5.41) is 3.02. The first-order valence-electron chi connectivity index (χ1n) is 8.08. The summed E-state index contributed by atoms with van der Waals surface area (Å²) in [7, 11) is 1.59. The highest BCUT2D eigenvalue weighted by Crippen LogP contribution is 2.28. The van der Waals surface area contributed by atoms with Gasteiger partial charge in [-0.25, -0.2) is 0 Å². The molecule has 0 saturated heterocycles. The lowest BCUT2D eigenvalue weighted by Gasteiger charge is -2.19. The summed E-state index contributed by atoms with van der Waals surface area (Å²) in [5.74, 6) is 1.45. The van der Waals surface area contributed by atoms with Crippen LogP contribution in [0.25, 0.3) is 0 Å². The zero-order chi connectivity index (χ0) is 16.7. The van der Waals surface area contributed by atoms with E-state index in [1.54, 1.807) is 7.11 Å². The Balaban J connectivity index is 0.00000288. The molecular weight excluding hydrogens is 328 g/mol. The zero-order valence-corrected chi connectivity index (χ0v) is 14.9. The number of nitrogens with two attached hydrogens (primary N) is 1. The van der Waals surface area contributed by atoms with Gasteiger partial charge in [-0.05, 0) is 49.4 Å². The van der Waals surface area contributed by atoms with Gasteiger partial charge in [0.25, 0.3) is 5.91 Å². The van der Waals surface area contributed by atoms with Crippen molar-refractivity contribution in [2.45, 2.75) is 31.7 Å². The second kappa shape index (κ2) is 10.2. The van der Waals surface area contributed by atoms with Gasteiger partial charge in [-0.2, -0.15) is 0 Å². The van der Waals surface area contributed by atoms with Gasteiger partial charge in [-0.15, -0.1) is 19.0 Å². The van der Waals surface area contributed by atoms with Crippen molar-refractivity contribution in [3.05, 3.63) is 36.4 Å². The molecule has 134 valence electrons. The number of carbonyl (C=O) groups is 1. The Bertz CT molecular complexity index is 551. The number of ether oxygens (including phenoxy) is 2. The summed E-state index contributed by atoms with van der Waals surface area (Å²) >= 11 is 0. The Kier molecular flexibility index (Phi) is 8.65. The van der Waals surface area contributed by atoms with Gasteiger partial charge in [-0.3, -0.25) is 4.79 Å². The van der Waals surface area contributed by atoms with Gasteiger partial charge < -0.3 is 20.5 Å². The smallest absolute Gasteiger partial charge is 0.258 e. The quantitative estimate of drug-likeness (QED) is 0.703. The molecule has 0 aromatic heterocycles. The fraction of sp³-hybridized carbons (Fsp3) is 0.500. The number of rotatable bonds is 8. The average Bonchev–Trinajstić information content (AvgIpc) is 3.00. The van der Waals surface area contributed by atoms with Gasteiger partial charge in [0.1, 0.15) is 0 Å². The minimum absolute atomic E-state index is 0. The minimum Gasteiger partial charge on any atom is -0.493 e. The summed E-state index contributed by atoms with van der Waals surface area (Å²) in [4.78, 5) is 12.1. The lowest BCUT2D eigenvalue weighted by molar-refractivity contribution is -0.124. The fourth-order valence-corrected chi connectivity index (χ4v) is 3.03. The van der Waals surface area contributed by atoms with Crippen molar-refractivity contribution in [2.24, 2.45) is 11.7 Å². The van der Waals surface area contributed by atoms with Crippen molar-refractivity contribution in [1.82, 2.24) is 5.32 Å². The van der Waals surface area contributed by atoms with Crippen LogP contribution >= 0.6 is 12.4 Å². The maximum atomic E-state index is 12.1. The molecule has 1 amide bonds. The standard InChI is InChI=1S/C18H26N2O3.ClH/c1-3-5-13-8-9-16(17(10-13)22-2)23-12-18(21)20-15-7-4-6-14(15)11-19;/h3,8-10,14-15H,1,4-7,11-12,19H2,2H3,(H,20,21);1H. The van der Waals surface area contributed by atoms with Gasteiger partial charge in [-0.1, -0.05) is 18.6 Å². The zero-order valence-electron chi connectivity index (χ0n) is 14.1. The molecule has 1 aromatic carbocycles. The molecule has 2 rings (SSSR count). The van der Waals surface area contributed by atoms with E-state index >= 15 is 0 Å². The first-order chi connectivity index (χ1) is 11.2. The van der Waals surface area contributed by atoms with E-state index < -0.39 is 0 Å². The number of allylic oxidation sites excluding steroid dienone is 1. The van der Waals surface area contributed by atoms with Crippen LogP contribution in [-0.2, 0) is 11.2 Å². The largest absolute Gasteiger partial charge is 0.493 e. The second-order valence-corrected chi connectivity index (χ2v) is 5.87. The Labute approximate surface area is 150 Å². The van der Waals surface area contributed by atoms with Crippen LogP contribution in [0.1, 0.15) is 24.8 Å². The van der Waals surface area contributed by atoms with Crippen molar-refractivity contribution in [2.75, 3.05) is 20.3 Å². The maximum Gasteiger partial charge on any atom is 0.258 e. The number of carbonyl (C=O) groups excluding carboxylic acids is 1. The van der Waals surface area contributed by atoms with E-state index in [0.29, 0.717) is 24.0 Å². The third-order valence-electron chi connectivity index (χ3n) is 4.28. The molecule has 1 fully saturated rings. The van der Waals surface area contributed by atoms with E-state index in [2.05, 4.69) is 11.9 Å². The van der Waals surface area contributed by atoms with Crippen LogP contribution in [-0.4, -0.2) is 32.2 Å². The van der Waals surface area contributed by atoms with E-state index in [-0.39, 0.29) is 31.0 Å². The highest BCUT2D eigenvalue weighted by Gasteiger charge is 2.27. The number of methoxy groups -OCH3 is 1. The molecule has 0 radical (unpaired) electrons. The Morgan fingerprint density at radius 2 is 2.21 bits per heavy atom. The van der Waals surface area contributed by atoms with Crippen molar-refractivity contribution < 1.29 is 14.3 Å². The molecule has 1 aromatic rings. The number of benzene rings is 1. The van der Waals surface area contributed by atoms with Crippen LogP contribution in [0.2, 0.25) is 0 Å². The minimum atomic E-state index is -0.118. The second-order valence-electron chi connectivity index (χ2n) is 5.87. The maximum absolute atomic E-state index is 12.1. The molecular formula is C18H27ClN2O3. The van der Waals surface area contributed by atoms with Crippen LogP contribution in [0.4, 0.5) is 0 Å². The molecule has 3 N–H and O–H groups in total. The van der Waals surface area contributed by atoms with Gasteiger partial charge >= 0.3 is 0 Å². The first-order valence-corrected chi connectivity index (χ1v) is 8.08. The molecule has 0 heterocycles. The summed E-state index contributed by atoms with van der Waals surface area (Å²) < 4.78 is 10.9. The van der Waals surface area contributed by atoms with Crippen LogP contribution < -0.4 is 20.5 Å². The summed E-state index contributed by atoms with van der Waals surface area (Å²) in [6.07, 6.45) is 5.79. The SMILES string of the molecule is C=CCc1ccc(OCC(=O)NC2CCCC2CN)c(OC)c1.Cl. The van der Waals surface area contributed by atoms with E-state index in [1.807, 2.05) is 24.3 Å². The number of amides is 1. The molecule has 0 spiro atoms. The van der Waals surface area contributed by atoms with E-state index in [9.17, 15) is 4.79 Å². The average molecular weight is 355 g/mol. The molecule has 1 aliphatic rings. The molecule has 0 aliphatic heterocycles. The van der Waals surface area contributed by atoms with Crippen LogP contribution in [0.15, 0.2) is 30.9 Å². The Hall–Kier alpha value is -1.72. The Morgan fingerprint density at radius 3 is 2.88 bits per heavy atom. The van der Waals surface area contributed by atoms with Crippen LogP contribution in [0.5, 0.6) is 11.5 Å². The molecule has 1 saturated carbocycles. The third kappa shape index (κ3) is 5.42. The van der Waals surface area contributed by atoms with Gasteiger partial charge in [0, 0.05) is 6.04 Å². The van der Waals surface area contributed by atoms with Gasteiger partial charge in [0.05, 0.1) is 7.11 Å².